The lowest BCUT2D eigenvalue weighted by Gasteiger charge is -2.02. The highest BCUT2D eigenvalue weighted by Crippen LogP contribution is 2.09. The van der Waals surface area contributed by atoms with E-state index in [1.54, 1.807) is 24.8 Å². The number of hydrogen-bond acceptors (Lipinski definition) is 6. The summed E-state index contributed by atoms with van der Waals surface area (Å²) in [4.78, 5) is 16.5. The number of rotatable bonds is 4. The van der Waals surface area contributed by atoms with E-state index < -0.39 is 0 Å². The van der Waals surface area contributed by atoms with Crippen molar-refractivity contribution in [2.45, 2.75) is 0 Å². The van der Waals surface area contributed by atoms with Crippen LogP contribution in [0.4, 0.5) is 23.3 Å². The summed E-state index contributed by atoms with van der Waals surface area (Å²) in [5.41, 5.74) is 0. The fourth-order valence-electron chi connectivity index (χ4n) is 2.01. The molecule has 0 atom stereocenters. The van der Waals surface area contributed by atoms with Gasteiger partial charge < -0.3 is 10.6 Å². The van der Waals surface area contributed by atoms with Crippen LogP contribution in [0.2, 0.25) is 0 Å². The molecule has 0 spiro atoms. The van der Waals surface area contributed by atoms with Crippen molar-refractivity contribution < 1.29 is 0 Å². The zero-order chi connectivity index (χ0) is 17.9. The number of pyridine rings is 4. The third-order valence-electron chi connectivity index (χ3n) is 3.17. The Morgan fingerprint density at radius 3 is 0.846 bits per heavy atom. The smallest absolute Gasteiger partial charge is 0.131 e. The minimum Gasteiger partial charge on any atom is -0.325 e. The molecule has 0 aromatic carbocycles. The molecule has 0 aliphatic carbocycles. The van der Waals surface area contributed by atoms with Crippen molar-refractivity contribution in [3.8, 4) is 0 Å². The highest BCUT2D eigenvalue weighted by atomic mass is 15.1. The van der Waals surface area contributed by atoms with Gasteiger partial charge in [-0.25, -0.2) is 19.9 Å². The van der Waals surface area contributed by atoms with Crippen molar-refractivity contribution >= 4 is 23.3 Å². The van der Waals surface area contributed by atoms with Crippen molar-refractivity contribution in [1.82, 2.24) is 19.9 Å². The van der Waals surface area contributed by atoms with Gasteiger partial charge in [-0.05, 0) is 48.5 Å². The maximum Gasteiger partial charge on any atom is 0.131 e. The van der Waals surface area contributed by atoms with Gasteiger partial charge in [0, 0.05) is 24.8 Å². The van der Waals surface area contributed by atoms with Gasteiger partial charge in [-0.3, -0.25) is 0 Å². The molecule has 0 unspecified atom stereocenters. The minimum absolute atomic E-state index is 0.807. The molecular weight excluding hydrogens is 324 g/mol. The molecule has 0 bridgehead atoms. The third-order valence-corrected chi connectivity index (χ3v) is 3.17. The van der Waals surface area contributed by atoms with Crippen LogP contribution in [0.5, 0.6) is 0 Å². The van der Waals surface area contributed by atoms with Crippen molar-refractivity contribution in [3.05, 3.63) is 97.6 Å². The number of nitrogens with one attached hydrogen (secondary N) is 2. The van der Waals surface area contributed by atoms with E-state index >= 15 is 0 Å². The van der Waals surface area contributed by atoms with Crippen LogP contribution in [0.25, 0.3) is 0 Å². The van der Waals surface area contributed by atoms with Crippen LogP contribution < -0.4 is 10.6 Å². The van der Waals surface area contributed by atoms with Gasteiger partial charge in [0.05, 0.1) is 0 Å². The largest absolute Gasteiger partial charge is 0.325 e. The molecule has 26 heavy (non-hydrogen) atoms. The summed E-state index contributed by atoms with van der Waals surface area (Å²) in [6.45, 7) is 0. The predicted molar refractivity (Wildman–Crippen MR) is 104 cm³/mol. The highest BCUT2D eigenvalue weighted by molar-refractivity contribution is 5.51. The molecule has 0 saturated carbocycles. The average molecular weight is 342 g/mol. The summed E-state index contributed by atoms with van der Waals surface area (Å²) in [6.07, 6.45) is 6.97. The number of nitrogens with zero attached hydrogens (tertiary/aromatic N) is 4. The first-order chi connectivity index (χ1) is 12.9. The van der Waals surface area contributed by atoms with E-state index in [4.69, 9.17) is 0 Å². The molecule has 2 N–H and O–H groups in total. The molecule has 128 valence electrons. The number of hydrogen-bond donors (Lipinski definition) is 2. The number of anilines is 4. The van der Waals surface area contributed by atoms with E-state index in [2.05, 4.69) is 30.6 Å². The van der Waals surface area contributed by atoms with Crippen LogP contribution in [0, 0.1) is 0 Å². The van der Waals surface area contributed by atoms with E-state index in [0.717, 1.165) is 23.3 Å². The zero-order valence-corrected chi connectivity index (χ0v) is 14.0. The van der Waals surface area contributed by atoms with Gasteiger partial charge in [0.2, 0.25) is 0 Å². The molecule has 0 radical (unpaired) electrons. The molecule has 6 nitrogen and oxygen atoms in total. The van der Waals surface area contributed by atoms with Crippen LogP contribution in [0.3, 0.4) is 0 Å². The second-order valence-electron chi connectivity index (χ2n) is 5.11. The standard InChI is InChI=1S/2C10H9N3/c2*1-3-7-11-9(5-1)13-10-6-2-4-8-12-10/h2*1-8H,(H,11,12,13). The van der Waals surface area contributed by atoms with Crippen LogP contribution in [0.1, 0.15) is 0 Å². The van der Waals surface area contributed by atoms with Crippen LogP contribution in [-0.2, 0) is 0 Å². The van der Waals surface area contributed by atoms with Gasteiger partial charge in [-0.2, -0.15) is 0 Å². The van der Waals surface area contributed by atoms with Crippen LogP contribution in [-0.4, -0.2) is 19.9 Å². The Hall–Kier alpha value is -3.80. The molecule has 0 amide bonds. The average Bonchev–Trinajstić information content (AvgIpc) is 2.72. The van der Waals surface area contributed by atoms with Gasteiger partial charge in [0.25, 0.3) is 0 Å². The molecule has 0 fully saturated rings. The Balaban J connectivity index is 0.000000151. The molecule has 0 aliphatic heterocycles. The zero-order valence-electron chi connectivity index (χ0n) is 14.0. The normalized spacial score (nSPS) is 9.54. The molecule has 4 aromatic rings. The quantitative estimate of drug-likeness (QED) is 0.571. The fraction of sp³-hybridized carbons (Fsp3) is 0. The van der Waals surface area contributed by atoms with Gasteiger partial charge in [0.1, 0.15) is 23.3 Å². The van der Waals surface area contributed by atoms with Crippen molar-refractivity contribution in [2.24, 2.45) is 0 Å². The fourth-order valence-corrected chi connectivity index (χ4v) is 2.01. The summed E-state index contributed by atoms with van der Waals surface area (Å²) in [7, 11) is 0. The second-order valence-corrected chi connectivity index (χ2v) is 5.11. The molecule has 4 heterocycles. The Labute approximate surface area is 152 Å². The second kappa shape index (κ2) is 9.48. The summed E-state index contributed by atoms with van der Waals surface area (Å²) in [6, 6.07) is 22.8. The Bertz CT molecular complexity index is 719. The van der Waals surface area contributed by atoms with E-state index in [9.17, 15) is 0 Å². The lowest BCUT2D eigenvalue weighted by Crippen LogP contribution is -1.93. The van der Waals surface area contributed by atoms with Crippen LogP contribution in [0.15, 0.2) is 97.6 Å². The van der Waals surface area contributed by atoms with E-state index in [1.165, 1.54) is 0 Å². The van der Waals surface area contributed by atoms with Crippen molar-refractivity contribution in [3.63, 3.8) is 0 Å². The maximum absolute atomic E-state index is 4.12. The van der Waals surface area contributed by atoms with Gasteiger partial charge in [-0.15, -0.1) is 0 Å². The van der Waals surface area contributed by atoms with E-state index in [0.29, 0.717) is 0 Å². The lowest BCUT2D eigenvalue weighted by atomic mass is 10.4. The molecule has 0 saturated heterocycles. The summed E-state index contributed by atoms with van der Waals surface area (Å²) in [5, 5.41) is 6.16. The van der Waals surface area contributed by atoms with Crippen molar-refractivity contribution in [2.75, 3.05) is 10.6 Å². The maximum atomic E-state index is 4.12. The first-order valence-electron chi connectivity index (χ1n) is 8.08. The Kier molecular flexibility index (Phi) is 6.22. The van der Waals surface area contributed by atoms with Crippen LogP contribution >= 0.6 is 0 Å². The Morgan fingerprint density at radius 2 is 0.654 bits per heavy atom. The Morgan fingerprint density at radius 1 is 0.385 bits per heavy atom. The predicted octanol–water partition coefficient (Wildman–Crippen LogP) is 4.44. The van der Waals surface area contributed by atoms with Gasteiger partial charge >= 0.3 is 0 Å². The molecule has 6 heteroatoms. The molecule has 4 rings (SSSR count). The summed E-state index contributed by atoms with van der Waals surface area (Å²) in [5.74, 6) is 3.23. The van der Waals surface area contributed by atoms with Gasteiger partial charge in [0.15, 0.2) is 0 Å². The minimum atomic E-state index is 0.807. The van der Waals surface area contributed by atoms with E-state index in [-0.39, 0.29) is 0 Å². The monoisotopic (exact) mass is 342 g/mol. The molecular formula is C20H18N6. The lowest BCUT2D eigenvalue weighted by molar-refractivity contribution is 1.25. The molecule has 4 aromatic heterocycles. The SMILES string of the molecule is c1ccc(Nc2ccccn2)nc1.c1ccc(Nc2ccccn2)nc1. The topological polar surface area (TPSA) is 75.6 Å². The first-order valence-corrected chi connectivity index (χ1v) is 8.08. The first kappa shape index (κ1) is 17.0. The van der Waals surface area contributed by atoms with Gasteiger partial charge in [-0.1, -0.05) is 24.3 Å². The van der Waals surface area contributed by atoms with E-state index in [1.807, 2.05) is 72.8 Å². The summed E-state index contributed by atoms with van der Waals surface area (Å²) >= 11 is 0. The summed E-state index contributed by atoms with van der Waals surface area (Å²) < 4.78 is 0. The third kappa shape index (κ3) is 5.68. The van der Waals surface area contributed by atoms with Crippen molar-refractivity contribution in [1.29, 1.82) is 0 Å². The molecule has 0 aliphatic rings. The highest BCUT2D eigenvalue weighted by Gasteiger charge is 1.93. The number of aromatic nitrogens is 4.